The number of urea groups is 1. The molecule has 0 aromatic rings. The molecule has 0 radical (unpaired) electrons. The van der Waals surface area contributed by atoms with Crippen molar-refractivity contribution in [1.82, 2.24) is 5.32 Å². The van der Waals surface area contributed by atoms with Crippen LogP contribution < -0.4 is 11.1 Å². The first-order valence-corrected chi connectivity index (χ1v) is 5.41. The van der Waals surface area contributed by atoms with Crippen LogP contribution >= 0.6 is 0 Å². The molecule has 3 N–H and O–H groups in total. The van der Waals surface area contributed by atoms with Gasteiger partial charge >= 0.3 is 6.03 Å². The van der Waals surface area contributed by atoms with Crippen molar-refractivity contribution in [1.29, 1.82) is 0 Å². The predicted octanol–water partition coefficient (Wildman–Crippen LogP) is 0.960. The average Bonchev–Trinajstić information content (AvgIpc) is 1.96. The maximum absolute atomic E-state index is 10.9. The summed E-state index contributed by atoms with van der Waals surface area (Å²) in [5.41, 5.74) is 4.78. The highest BCUT2D eigenvalue weighted by atomic mass is 16.5. The summed E-state index contributed by atoms with van der Waals surface area (Å²) in [5, 5.41) is 2.80. The Kier molecular flexibility index (Phi) is 1.60. The van der Waals surface area contributed by atoms with Gasteiger partial charge in [-0.05, 0) is 43.9 Å². The number of hydrogen-bond donors (Lipinski definition) is 2. The van der Waals surface area contributed by atoms with Crippen molar-refractivity contribution in [3.8, 4) is 0 Å². The number of ether oxygens (including phenoxy) is 1. The van der Waals surface area contributed by atoms with Gasteiger partial charge < -0.3 is 15.8 Å². The van der Waals surface area contributed by atoms with E-state index in [1.807, 2.05) is 0 Å². The molecule has 0 aromatic carbocycles. The molecular formula is C10H16N2O2. The summed E-state index contributed by atoms with van der Waals surface area (Å²) in [4.78, 5) is 10.9. The molecule has 2 aliphatic heterocycles. The topological polar surface area (TPSA) is 64.4 Å². The molecule has 4 bridgehead atoms. The number of carbonyl (C=O) groups is 1. The van der Waals surface area contributed by atoms with Gasteiger partial charge in [-0.2, -0.15) is 0 Å². The van der Waals surface area contributed by atoms with E-state index >= 15 is 0 Å². The fourth-order valence-corrected chi connectivity index (χ4v) is 3.72. The number of primary amides is 1. The zero-order valence-corrected chi connectivity index (χ0v) is 8.16. The Hall–Kier alpha value is -0.770. The number of rotatable bonds is 1. The highest BCUT2D eigenvalue weighted by molar-refractivity contribution is 5.72. The van der Waals surface area contributed by atoms with Crippen molar-refractivity contribution in [3.63, 3.8) is 0 Å². The molecule has 4 nitrogen and oxygen atoms in total. The SMILES string of the molecule is NC(=O)NC12CC3CC(CC(C3)O1)C2. The standard InChI is InChI=1S/C10H16N2O2/c11-9(13)12-10-4-6-1-7(5-10)3-8(2-6)14-10/h6-8H,1-5H2,(H3,11,12,13). The van der Waals surface area contributed by atoms with Crippen LogP contribution in [0.2, 0.25) is 0 Å². The molecule has 4 aliphatic rings. The summed E-state index contributed by atoms with van der Waals surface area (Å²) >= 11 is 0. The van der Waals surface area contributed by atoms with Crippen LogP contribution in [0.25, 0.3) is 0 Å². The molecule has 2 aliphatic carbocycles. The van der Waals surface area contributed by atoms with Gasteiger partial charge in [0, 0.05) is 0 Å². The van der Waals surface area contributed by atoms with Crippen LogP contribution in [0.15, 0.2) is 0 Å². The van der Waals surface area contributed by atoms with Crippen LogP contribution in [-0.2, 0) is 4.74 Å². The van der Waals surface area contributed by atoms with Crippen LogP contribution in [0.4, 0.5) is 4.79 Å². The van der Waals surface area contributed by atoms with Crippen LogP contribution in [-0.4, -0.2) is 17.9 Å². The summed E-state index contributed by atoms with van der Waals surface area (Å²) in [6.07, 6.45) is 5.97. The highest BCUT2D eigenvalue weighted by Gasteiger charge is 2.52. The molecule has 78 valence electrons. The van der Waals surface area contributed by atoms with Gasteiger partial charge in [-0.3, -0.25) is 0 Å². The Morgan fingerprint density at radius 3 is 2.43 bits per heavy atom. The van der Waals surface area contributed by atoms with E-state index in [4.69, 9.17) is 10.5 Å². The minimum Gasteiger partial charge on any atom is -0.352 e. The van der Waals surface area contributed by atoms with Crippen molar-refractivity contribution in [3.05, 3.63) is 0 Å². The fraction of sp³-hybridized carbons (Fsp3) is 0.900. The van der Waals surface area contributed by atoms with Crippen LogP contribution in [0.3, 0.4) is 0 Å². The lowest BCUT2D eigenvalue weighted by atomic mass is 9.65. The van der Waals surface area contributed by atoms with Crippen molar-refractivity contribution in [2.24, 2.45) is 17.6 Å². The van der Waals surface area contributed by atoms with Crippen molar-refractivity contribution < 1.29 is 9.53 Å². The van der Waals surface area contributed by atoms with E-state index < -0.39 is 11.8 Å². The third kappa shape index (κ3) is 1.21. The van der Waals surface area contributed by atoms with Crippen LogP contribution in [0.1, 0.15) is 32.1 Å². The molecule has 14 heavy (non-hydrogen) atoms. The molecular weight excluding hydrogens is 180 g/mol. The molecule has 2 atom stereocenters. The highest BCUT2D eigenvalue weighted by Crippen LogP contribution is 2.51. The van der Waals surface area contributed by atoms with Gasteiger partial charge in [-0.15, -0.1) is 0 Å². The number of amides is 2. The first-order valence-electron chi connectivity index (χ1n) is 5.41. The first-order chi connectivity index (χ1) is 6.65. The molecule has 2 heterocycles. The van der Waals surface area contributed by atoms with E-state index in [9.17, 15) is 4.79 Å². The summed E-state index contributed by atoms with van der Waals surface area (Å²) in [6.45, 7) is 0. The summed E-state index contributed by atoms with van der Waals surface area (Å²) in [6, 6.07) is -0.452. The normalized spacial score (nSPS) is 49.3. The number of nitrogens with two attached hydrogens (primary N) is 1. The first kappa shape index (κ1) is 8.53. The summed E-state index contributed by atoms with van der Waals surface area (Å²) in [7, 11) is 0. The third-order valence-electron chi connectivity index (χ3n) is 3.84. The van der Waals surface area contributed by atoms with Gasteiger partial charge in [-0.25, -0.2) is 4.79 Å². The molecule has 2 saturated carbocycles. The molecule has 4 rings (SSSR count). The Balaban J connectivity index is 1.83. The van der Waals surface area contributed by atoms with Gasteiger partial charge in [0.15, 0.2) is 0 Å². The van der Waals surface area contributed by atoms with Crippen LogP contribution in [0.5, 0.6) is 0 Å². The Labute approximate surface area is 83.2 Å². The van der Waals surface area contributed by atoms with Gasteiger partial charge in [0.05, 0.1) is 6.10 Å². The monoisotopic (exact) mass is 196 g/mol. The lowest BCUT2D eigenvalue weighted by molar-refractivity contribution is -0.227. The quantitative estimate of drug-likeness (QED) is 0.656. The van der Waals surface area contributed by atoms with E-state index in [2.05, 4.69) is 5.32 Å². The van der Waals surface area contributed by atoms with Crippen molar-refractivity contribution in [2.75, 3.05) is 0 Å². The Morgan fingerprint density at radius 2 is 1.93 bits per heavy atom. The molecule has 4 heteroatoms. The van der Waals surface area contributed by atoms with E-state index in [0.29, 0.717) is 6.10 Å². The van der Waals surface area contributed by atoms with Gasteiger partial charge in [0.2, 0.25) is 0 Å². The van der Waals surface area contributed by atoms with E-state index in [0.717, 1.165) is 24.7 Å². The number of nitrogens with one attached hydrogen (secondary N) is 1. The van der Waals surface area contributed by atoms with Gasteiger partial charge in [-0.1, -0.05) is 0 Å². The fourth-order valence-electron chi connectivity index (χ4n) is 3.72. The van der Waals surface area contributed by atoms with Crippen molar-refractivity contribution in [2.45, 2.75) is 43.9 Å². The second-order valence-electron chi connectivity index (χ2n) is 5.07. The lowest BCUT2D eigenvalue weighted by Gasteiger charge is -2.56. The third-order valence-corrected chi connectivity index (χ3v) is 3.84. The maximum Gasteiger partial charge on any atom is 0.314 e. The molecule has 4 fully saturated rings. The van der Waals surface area contributed by atoms with Gasteiger partial charge in [0.1, 0.15) is 5.72 Å². The van der Waals surface area contributed by atoms with E-state index in [1.165, 1.54) is 19.3 Å². The molecule has 2 amide bonds. The lowest BCUT2D eigenvalue weighted by Crippen LogP contribution is -2.63. The van der Waals surface area contributed by atoms with Crippen molar-refractivity contribution >= 4 is 6.03 Å². The number of carbonyl (C=O) groups excluding carboxylic acids is 1. The largest absolute Gasteiger partial charge is 0.352 e. The van der Waals surface area contributed by atoms with Gasteiger partial charge in [0.25, 0.3) is 0 Å². The maximum atomic E-state index is 10.9. The molecule has 0 aromatic heterocycles. The second kappa shape index (κ2) is 2.63. The second-order valence-corrected chi connectivity index (χ2v) is 5.07. The van der Waals surface area contributed by atoms with E-state index in [1.54, 1.807) is 0 Å². The smallest absolute Gasteiger partial charge is 0.314 e. The average molecular weight is 196 g/mol. The minimum absolute atomic E-state index is 0.369. The molecule has 2 unspecified atom stereocenters. The molecule has 0 spiro atoms. The zero-order valence-electron chi connectivity index (χ0n) is 8.16. The minimum atomic E-state index is -0.452. The molecule has 2 saturated heterocycles. The Morgan fingerprint density at radius 1 is 1.29 bits per heavy atom. The van der Waals surface area contributed by atoms with E-state index in [-0.39, 0.29) is 0 Å². The Bertz CT molecular complexity index is 242. The summed E-state index contributed by atoms with van der Waals surface area (Å²) < 4.78 is 5.91. The number of hydrogen-bond acceptors (Lipinski definition) is 2. The predicted molar refractivity (Wildman–Crippen MR) is 50.4 cm³/mol. The summed E-state index contributed by atoms with van der Waals surface area (Å²) in [5.74, 6) is 1.49. The van der Waals surface area contributed by atoms with Crippen LogP contribution in [0, 0.1) is 11.8 Å². The zero-order chi connectivity index (χ0) is 9.76.